The zero-order chi connectivity index (χ0) is 17.6. The van der Waals surface area contributed by atoms with Crippen molar-refractivity contribution < 1.29 is 13.2 Å². The van der Waals surface area contributed by atoms with Gasteiger partial charge in [0.2, 0.25) is 0 Å². The highest BCUT2D eigenvalue weighted by molar-refractivity contribution is 6.30. The third kappa shape index (κ3) is 3.09. The summed E-state index contributed by atoms with van der Waals surface area (Å²) in [4.78, 5) is 3.32. The maximum Gasteiger partial charge on any atom is 0.416 e. The Morgan fingerprint density at radius 3 is 2.56 bits per heavy atom. The van der Waals surface area contributed by atoms with Crippen molar-refractivity contribution >= 4 is 28.2 Å². The molecular weight excluding hydrogens is 349 g/mol. The summed E-state index contributed by atoms with van der Waals surface area (Å²) in [7, 11) is 0. The summed E-state index contributed by atoms with van der Waals surface area (Å²) in [5.41, 5.74) is 3.06. The molecule has 1 atom stereocenters. The van der Waals surface area contributed by atoms with E-state index in [2.05, 4.69) is 10.3 Å². The van der Waals surface area contributed by atoms with Gasteiger partial charge in [-0.15, -0.1) is 0 Å². The molecule has 0 spiro atoms. The minimum atomic E-state index is -4.33. The van der Waals surface area contributed by atoms with Gasteiger partial charge in [0.05, 0.1) is 11.6 Å². The minimum Gasteiger partial charge on any atom is -0.377 e. The number of hydrogen-bond donors (Lipinski definition) is 2. The Balaban J connectivity index is 1.72. The highest BCUT2D eigenvalue weighted by Crippen LogP contribution is 2.39. The number of benzene rings is 2. The van der Waals surface area contributed by atoms with E-state index in [0.29, 0.717) is 10.4 Å². The van der Waals surface area contributed by atoms with Gasteiger partial charge in [-0.3, -0.25) is 0 Å². The average molecular weight is 365 g/mol. The van der Waals surface area contributed by atoms with Crippen LogP contribution in [0.5, 0.6) is 0 Å². The van der Waals surface area contributed by atoms with Gasteiger partial charge in [-0.1, -0.05) is 11.6 Å². The van der Waals surface area contributed by atoms with Crippen molar-refractivity contribution in [3.8, 4) is 0 Å². The van der Waals surface area contributed by atoms with Crippen LogP contribution in [0.3, 0.4) is 0 Å². The van der Waals surface area contributed by atoms with Crippen molar-refractivity contribution in [3.05, 3.63) is 64.3 Å². The molecule has 0 saturated carbocycles. The van der Waals surface area contributed by atoms with E-state index in [1.807, 2.05) is 24.3 Å². The second-order valence-electron chi connectivity index (χ2n) is 6.37. The first-order valence-corrected chi connectivity index (χ1v) is 8.53. The molecule has 2 N–H and O–H groups in total. The van der Waals surface area contributed by atoms with Crippen molar-refractivity contribution in [2.24, 2.45) is 0 Å². The summed E-state index contributed by atoms with van der Waals surface area (Å²) < 4.78 is 39.1. The third-order valence-electron chi connectivity index (χ3n) is 4.72. The van der Waals surface area contributed by atoms with Crippen LogP contribution in [-0.2, 0) is 12.6 Å². The summed E-state index contributed by atoms with van der Waals surface area (Å²) in [5.74, 6) is 0. The molecule has 1 heterocycles. The number of fused-ring (bicyclic) bond motifs is 3. The first-order valence-electron chi connectivity index (χ1n) is 8.15. The van der Waals surface area contributed by atoms with E-state index < -0.39 is 11.7 Å². The van der Waals surface area contributed by atoms with Crippen LogP contribution in [0.15, 0.2) is 42.5 Å². The largest absolute Gasteiger partial charge is 0.416 e. The molecule has 0 bridgehead atoms. The van der Waals surface area contributed by atoms with Gasteiger partial charge in [0.25, 0.3) is 0 Å². The van der Waals surface area contributed by atoms with Gasteiger partial charge < -0.3 is 10.3 Å². The lowest BCUT2D eigenvalue weighted by molar-refractivity contribution is -0.137. The molecule has 1 aliphatic rings. The van der Waals surface area contributed by atoms with E-state index in [0.717, 1.165) is 47.8 Å². The molecule has 3 aromatic rings. The fraction of sp³-hybridized carbons (Fsp3) is 0.263. The van der Waals surface area contributed by atoms with Crippen LogP contribution in [0.2, 0.25) is 5.02 Å². The van der Waals surface area contributed by atoms with Crippen LogP contribution in [0.25, 0.3) is 10.9 Å². The summed E-state index contributed by atoms with van der Waals surface area (Å²) >= 11 is 5.91. The van der Waals surface area contributed by atoms with Gasteiger partial charge in [-0.25, -0.2) is 0 Å². The summed E-state index contributed by atoms with van der Waals surface area (Å²) in [6.07, 6.45) is -1.68. The molecule has 1 aliphatic carbocycles. The Morgan fingerprint density at radius 2 is 1.84 bits per heavy atom. The van der Waals surface area contributed by atoms with Gasteiger partial charge in [-0.05, 0) is 67.3 Å². The number of anilines is 1. The van der Waals surface area contributed by atoms with E-state index in [1.165, 1.54) is 12.1 Å². The molecule has 6 heteroatoms. The SMILES string of the molecule is FC(F)(F)c1ccc2[nH]c3c(c2c1)CCCC3Nc1ccc(Cl)cc1. The minimum absolute atomic E-state index is 0.0478. The number of rotatable bonds is 2. The van der Waals surface area contributed by atoms with Gasteiger partial charge in [0.1, 0.15) is 0 Å². The number of H-pyrrole nitrogens is 1. The number of aromatic nitrogens is 1. The fourth-order valence-electron chi connectivity index (χ4n) is 3.53. The quantitative estimate of drug-likeness (QED) is 0.546. The number of halogens is 4. The monoisotopic (exact) mass is 364 g/mol. The molecule has 130 valence electrons. The van der Waals surface area contributed by atoms with Crippen LogP contribution in [0.4, 0.5) is 18.9 Å². The van der Waals surface area contributed by atoms with Gasteiger partial charge >= 0.3 is 6.18 Å². The number of aryl methyl sites for hydroxylation is 1. The van der Waals surface area contributed by atoms with E-state index >= 15 is 0 Å². The Kier molecular flexibility index (Phi) is 3.91. The molecule has 1 unspecified atom stereocenters. The fourth-order valence-corrected chi connectivity index (χ4v) is 3.66. The first kappa shape index (κ1) is 16.3. The number of alkyl halides is 3. The maximum absolute atomic E-state index is 13.0. The topological polar surface area (TPSA) is 27.8 Å². The van der Waals surface area contributed by atoms with Gasteiger partial charge in [0.15, 0.2) is 0 Å². The van der Waals surface area contributed by atoms with Crippen molar-refractivity contribution in [2.75, 3.05) is 5.32 Å². The van der Waals surface area contributed by atoms with Crippen molar-refractivity contribution in [2.45, 2.75) is 31.5 Å². The molecule has 1 aromatic heterocycles. The van der Waals surface area contributed by atoms with Crippen molar-refractivity contribution in [1.82, 2.24) is 4.98 Å². The molecule has 0 fully saturated rings. The smallest absolute Gasteiger partial charge is 0.377 e. The predicted molar refractivity (Wildman–Crippen MR) is 94.1 cm³/mol. The van der Waals surface area contributed by atoms with Crippen LogP contribution in [0, 0.1) is 0 Å². The lowest BCUT2D eigenvalue weighted by atomic mass is 9.91. The molecule has 0 saturated heterocycles. The number of aromatic amines is 1. The van der Waals surface area contributed by atoms with Crippen molar-refractivity contribution in [3.63, 3.8) is 0 Å². The van der Waals surface area contributed by atoms with E-state index in [-0.39, 0.29) is 6.04 Å². The van der Waals surface area contributed by atoms with E-state index in [4.69, 9.17) is 11.6 Å². The first-order chi connectivity index (χ1) is 11.9. The lowest BCUT2D eigenvalue weighted by Gasteiger charge is -2.25. The zero-order valence-electron chi connectivity index (χ0n) is 13.3. The molecule has 0 radical (unpaired) electrons. The second kappa shape index (κ2) is 5.99. The summed E-state index contributed by atoms with van der Waals surface area (Å²) in [6, 6.07) is 11.4. The van der Waals surface area contributed by atoms with Gasteiger partial charge in [0, 0.05) is 27.3 Å². The standard InChI is InChI=1S/C19H16ClF3N2/c20-12-5-7-13(8-6-12)24-17-3-1-2-14-15-10-11(19(21,22)23)4-9-16(15)25-18(14)17/h4-10,17,24-25H,1-3H2. The molecule has 0 aliphatic heterocycles. The molecule has 0 amide bonds. The van der Waals surface area contributed by atoms with E-state index in [9.17, 15) is 13.2 Å². The number of nitrogens with one attached hydrogen (secondary N) is 2. The molecule has 2 nitrogen and oxygen atoms in total. The Hall–Kier alpha value is -2.14. The average Bonchev–Trinajstić information content (AvgIpc) is 2.95. The summed E-state index contributed by atoms with van der Waals surface area (Å²) in [5, 5.41) is 4.80. The lowest BCUT2D eigenvalue weighted by Crippen LogP contribution is -2.17. The molecule has 2 aromatic carbocycles. The van der Waals surface area contributed by atoms with Crippen LogP contribution >= 0.6 is 11.6 Å². The number of hydrogen-bond acceptors (Lipinski definition) is 1. The van der Waals surface area contributed by atoms with Crippen LogP contribution in [-0.4, -0.2) is 4.98 Å². The normalized spacial score (nSPS) is 17.5. The third-order valence-corrected chi connectivity index (χ3v) is 4.97. The van der Waals surface area contributed by atoms with Crippen LogP contribution < -0.4 is 5.32 Å². The van der Waals surface area contributed by atoms with Crippen molar-refractivity contribution in [1.29, 1.82) is 0 Å². The Bertz CT molecular complexity index is 913. The molecular formula is C19H16ClF3N2. The van der Waals surface area contributed by atoms with Crippen LogP contribution in [0.1, 0.15) is 35.7 Å². The Morgan fingerprint density at radius 1 is 1.08 bits per heavy atom. The predicted octanol–water partition coefficient (Wildman–Crippen LogP) is 6.33. The highest BCUT2D eigenvalue weighted by atomic mass is 35.5. The maximum atomic E-state index is 13.0. The Labute approximate surface area is 148 Å². The zero-order valence-corrected chi connectivity index (χ0v) is 14.0. The second-order valence-corrected chi connectivity index (χ2v) is 6.81. The van der Waals surface area contributed by atoms with Gasteiger partial charge in [-0.2, -0.15) is 13.2 Å². The highest BCUT2D eigenvalue weighted by Gasteiger charge is 2.32. The molecule has 4 rings (SSSR count). The molecule has 25 heavy (non-hydrogen) atoms. The summed E-state index contributed by atoms with van der Waals surface area (Å²) in [6.45, 7) is 0. The van der Waals surface area contributed by atoms with E-state index in [1.54, 1.807) is 0 Å².